The molecule has 0 spiro atoms. The number of nitrogens with zero attached hydrogens (tertiary/aromatic N) is 2. The Hall–Kier alpha value is -0.120. The highest BCUT2D eigenvalue weighted by Gasteiger charge is 2.26. The summed E-state index contributed by atoms with van der Waals surface area (Å²) in [7, 11) is 0. The SMILES string of the molecule is CCCNC(CC)CN1CCN(C(C)(C)C)CC1. The standard InChI is InChI=1S/C15H33N3/c1-6-8-16-14(7-2)13-17-9-11-18(12-10-17)15(3,4)5/h14,16H,6-13H2,1-5H3. The summed E-state index contributed by atoms with van der Waals surface area (Å²) in [5, 5.41) is 3.65. The van der Waals surface area contributed by atoms with E-state index in [0.29, 0.717) is 11.6 Å². The molecule has 0 radical (unpaired) electrons. The highest BCUT2D eigenvalue weighted by atomic mass is 15.3. The van der Waals surface area contributed by atoms with Gasteiger partial charge in [0.1, 0.15) is 0 Å². The highest BCUT2D eigenvalue weighted by Crippen LogP contribution is 2.15. The molecule has 0 aromatic heterocycles. The van der Waals surface area contributed by atoms with Crippen LogP contribution < -0.4 is 5.32 Å². The van der Waals surface area contributed by atoms with Crippen LogP contribution in [-0.4, -0.2) is 60.6 Å². The fourth-order valence-electron chi connectivity index (χ4n) is 2.60. The van der Waals surface area contributed by atoms with Crippen molar-refractivity contribution in [1.82, 2.24) is 15.1 Å². The normalized spacial score (nSPS) is 21.2. The van der Waals surface area contributed by atoms with Gasteiger partial charge in [-0.2, -0.15) is 0 Å². The third-order valence-corrected chi connectivity index (χ3v) is 3.98. The van der Waals surface area contributed by atoms with Crippen molar-refractivity contribution >= 4 is 0 Å². The van der Waals surface area contributed by atoms with E-state index in [0.717, 1.165) is 6.54 Å². The molecule has 0 amide bonds. The minimum atomic E-state index is 0.330. The van der Waals surface area contributed by atoms with Crippen LogP contribution in [0.1, 0.15) is 47.5 Å². The lowest BCUT2D eigenvalue weighted by molar-refractivity contribution is 0.0578. The lowest BCUT2D eigenvalue weighted by atomic mass is 10.0. The van der Waals surface area contributed by atoms with Gasteiger partial charge in [0.2, 0.25) is 0 Å². The van der Waals surface area contributed by atoms with Gasteiger partial charge in [0.05, 0.1) is 0 Å². The second kappa shape index (κ2) is 7.46. The minimum Gasteiger partial charge on any atom is -0.313 e. The smallest absolute Gasteiger partial charge is 0.0192 e. The Morgan fingerprint density at radius 1 is 1.06 bits per heavy atom. The van der Waals surface area contributed by atoms with E-state index in [4.69, 9.17) is 0 Å². The first kappa shape index (κ1) is 15.9. The van der Waals surface area contributed by atoms with Gasteiger partial charge in [-0.15, -0.1) is 0 Å². The molecule has 0 aromatic rings. The first-order chi connectivity index (χ1) is 8.47. The summed E-state index contributed by atoms with van der Waals surface area (Å²) in [6.07, 6.45) is 2.47. The number of hydrogen-bond donors (Lipinski definition) is 1. The molecule has 0 aliphatic carbocycles. The Bertz CT molecular complexity index is 214. The first-order valence-corrected chi connectivity index (χ1v) is 7.68. The fraction of sp³-hybridized carbons (Fsp3) is 1.00. The van der Waals surface area contributed by atoms with Crippen LogP contribution in [0.15, 0.2) is 0 Å². The van der Waals surface area contributed by atoms with E-state index < -0.39 is 0 Å². The molecule has 3 nitrogen and oxygen atoms in total. The Morgan fingerprint density at radius 2 is 1.67 bits per heavy atom. The molecule has 1 unspecified atom stereocenters. The summed E-state index contributed by atoms with van der Waals surface area (Å²) in [5.74, 6) is 0. The summed E-state index contributed by atoms with van der Waals surface area (Å²) in [4.78, 5) is 5.23. The van der Waals surface area contributed by atoms with Crippen molar-refractivity contribution in [3.63, 3.8) is 0 Å². The van der Waals surface area contributed by atoms with Crippen LogP contribution in [0.4, 0.5) is 0 Å². The largest absolute Gasteiger partial charge is 0.313 e. The van der Waals surface area contributed by atoms with E-state index in [9.17, 15) is 0 Å². The van der Waals surface area contributed by atoms with Crippen molar-refractivity contribution in [3.8, 4) is 0 Å². The van der Waals surface area contributed by atoms with Crippen LogP contribution in [0, 0.1) is 0 Å². The topological polar surface area (TPSA) is 18.5 Å². The highest BCUT2D eigenvalue weighted by molar-refractivity contribution is 4.83. The van der Waals surface area contributed by atoms with Crippen LogP contribution in [0.5, 0.6) is 0 Å². The van der Waals surface area contributed by atoms with Gasteiger partial charge in [-0.05, 0) is 40.2 Å². The van der Waals surface area contributed by atoms with Crippen molar-refractivity contribution in [3.05, 3.63) is 0 Å². The maximum Gasteiger partial charge on any atom is 0.0192 e. The van der Waals surface area contributed by atoms with Crippen LogP contribution in [0.2, 0.25) is 0 Å². The van der Waals surface area contributed by atoms with Gasteiger partial charge in [-0.25, -0.2) is 0 Å². The Balaban J connectivity index is 2.29. The summed E-state index contributed by atoms with van der Waals surface area (Å²) < 4.78 is 0. The number of hydrogen-bond acceptors (Lipinski definition) is 3. The van der Waals surface area contributed by atoms with Gasteiger partial charge in [0, 0.05) is 44.3 Å². The molecule has 1 rings (SSSR count). The molecule has 1 aliphatic heterocycles. The maximum atomic E-state index is 3.65. The zero-order valence-corrected chi connectivity index (χ0v) is 13.1. The zero-order valence-electron chi connectivity index (χ0n) is 13.1. The van der Waals surface area contributed by atoms with E-state index in [2.05, 4.69) is 49.7 Å². The van der Waals surface area contributed by atoms with Crippen molar-refractivity contribution in [2.45, 2.75) is 59.0 Å². The Morgan fingerprint density at radius 3 is 2.11 bits per heavy atom. The summed E-state index contributed by atoms with van der Waals surface area (Å²) in [6.45, 7) is 18.7. The molecule has 1 N–H and O–H groups in total. The lowest BCUT2D eigenvalue weighted by Gasteiger charge is -2.43. The van der Waals surface area contributed by atoms with Gasteiger partial charge in [-0.1, -0.05) is 13.8 Å². The van der Waals surface area contributed by atoms with Crippen molar-refractivity contribution in [1.29, 1.82) is 0 Å². The average molecular weight is 255 g/mol. The van der Waals surface area contributed by atoms with Crippen LogP contribution in [0.25, 0.3) is 0 Å². The predicted octanol–water partition coefficient (Wildman–Crippen LogP) is 2.18. The quantitative estimate of drug-likeness (QED) is 0.785. The molecule has 0 bridgehead atoms. The fourth-order valence-corrected chi connectivity index (χ4v) is 2.60. The van der Waals surface area contributed by atoms with Crippen LogP contribution >= 0.6 is 0 Å². The molecule has 1 heterocycles. The Kier molecular flexibility index (Phi) is 6.61. The summed E-state index contributed by atoms with van der Waals surface area (Å²) in [5.41, 5.74) is 0.330. The van der Waals surface area contributed by atoms with Crippen molar-refractivity contribution < 1.29 is 0 Å². The van der Waals surface area contributed by atoms with Gasteiger partial charge in [-0.3, -0.25) is 9.80 Å². The van der Waals surface area contributed by atoms with Crippen molar-refractivity contribution in [2.24, 2.45) is 0 Å². The third kappa shape index (κ3) is 5.25. The molecule has 108 valence electrons. The van der Waals surface area contributed by atoms with Crippen LogP contribution in [-0.2, 0) is 0 Å². The molecule has 1 aliphatic rings. The molecule has 0 aromatic carbocycles. The second-order valence-corrected chi connectivity index (χ2v) is 6.52. The average Bonchev–Trinajstić information content (AvgIpc) is 2.34. The van der Waals surface area contributed by atoms with Crippen molar-refractivity contribution in [2.75, 3.05) is 39.3 Å². The van der Waals surface area contributed by atoms with E-state index in [-0.39, 0.29) is 0 Å². The minimum absolute atomic E-state index is 0.330. The predicted molar refractivity (Wildman–Crippen MR) is 80.1 cm³/mol. The number of piperazine rings is 1. The van der Waals surface area contributed by atoms with E-state index in [1.807, 2.05) is 0 Å². The van der Waals surface area contributed by atoms with Crippen LogP contribution in [0.3, 0.4) is 0 Å². The van der Waals surface area contributed by atoms with E-state index >= 15 is 0 Å². The molecule has 3 heteroatoms. The first-order valence-electron chi connectivity index (χ1n) is 7.68. The molecule has 18 heavy (non-hydrogen) atoms. The molecule has 1 saturated heterocycles. The molecular weight excluding hydrogens is 222 g/mol. The number of nitrogens with one attached hydrogen (secondary N) is 1. The molecule has 1 fully saturated rings. The summed E-state index contributed by atoms with van der Waals surface area (Å²) in [6, 6.07) is 0.672. The van der Waals surface area contributed by atoms with Gasteiger partial charge in [0.25, 0.3) is 0 Å². The van der Waals surface area contributed by atoms with Gasteiger partial charge < -0.3 is 5.32 Å². The third-order valence-electron chi connectivity index (χ3n) is 3.98. The Labute approximate surface area is 114 Å². The number of rotatable bonds is 6. The van der Waals surface area contributed by atoms with Gasteiger partial charge in [0.15, 0.2) is 0 Å². The molecule has 0 saturated carbocycles. The zero-order chi connectivity index (χ0) is 13.6. The molecule has 1 atom stereocenters. The van der Waals surface area contributed by atoms with E-state index in [1.165, 1.54) is 45.6 Å². The molecular formula is C15H33N3. The summed E-state index contributed by atoms with van der Waals surface area (Å²) >= 11 is 0. The lowest BCUT2D eigenvalue weighted by Crippen LogP contribution is -2.55. The maximum absolute atomic E-state index is 3.65. The second-order valence-electron chi connectivity index (χ2n) is 6.52. The monoisotopic (exact) mass is 255 g/mol. The van der Waals surface area contributed by atoms with E-state index in [1.54, 1.807) is 0 Å². The van der Waals surface area contributed by atoms with Gasteiger partial charge >= 0.3 is 0 Å².